The smallest absolute Gasteiger partial charge is 0.221 e. The second kappa shape index (κ2) is 7.90. The van der Waals surface area contributed by atoms with Crippen LogP contribution in [0.1, 0.15) is 69.7 Å². The largest absolute Gasteiger partial charge is 0.358 e. The lowest BCUT2D eigenvalue weighted by atomic mass is 9.85. The van der Waals surface area contributed by atoms with Crippen molar-refractivity contribution >= 4 is 16.8 Å². The molecule has 0 saturated carbocycles. The van der Waals surface area contributed by atoms with Crippen molar-refractivity contribution < 1.29 is 4.79 Å². The molecule has 1 fully saturated rings. The summed E-state index contributed by atoms with van der Waals surface area (Å²) in [4.78, 5) is 18.6. The molecular weight excluding hydrogens is 346 g/mol. The molecule has 1 aromatic heterocycles. The minimum absolute atomic E-state index is 0.148. The number of aromatic amines is 1. The number of likely N-dealkylation sites (tertiary alicyclic amines) is 1. The predicted octanol–water partition coefficient (Wildman–Crippen LogP) is 4.31. The first-order valence-corrected chi connectivity index (χ1v) is 11.1. The topological polar surface area (TPSA) is 48.1 Å². The van der Waals surface area contributed by atoms with Crippen molar-refractivity contribution in [2.75, 3.05) is 19.6 Å². The maximum absolute atomic E-state index is 12.5. The Labute approximate surface area is 169 Å². The van der Waals surface area contributed by atoms with Crippen LogP contribution in [0, 0.1) is 0 Å². The SMILES string of the molecule is CC(C)(C)c1ccc2[nH]c3c(c2c1)CC(NC(=O)CCN1CCCCC1)CC3. The fourth-order valence-electron chi connectivity index (χ4n) is 4.75. The van der Waals surface area contributed by atoms with Crippen LogP contribution in [0.2, 0.25) is 0 Å². The molecule has 1 saturated heterocycles. The number of H-pyrrole nitrogens is 1. The van der Waals surface area contributed by atoms with Crippen LogP contribution in [-0.2, 0) is 23.1 Å². The van der Waals surface area contributed by atoms with Crippen LogP contribution < -0.4 is 5.32 Å². The number of carbonyl (C=O) groups is 1. The van der Waals surface area contributed by atoms with Crippen LogP contribution in [0.4, 0.5) is 0 Å². The third-order valence-electron chi connectivity index (χ3n) is 6.52. The molecule has 4 rings (SSSR count). The average molecular weight is 382 g/mol. The second-order valence-corrected chi connectivity index (χ2v) is 9.75. The van der Waals surface area contributed by atoms with Gasteiger partial charge in [0.05, 0.1) is 0 Å². The first-order valence-electron chi connectivity index (χ1n) is 11.1. The number of piperidine rings is 1. The van der Waals surface area contributed by atoms with Gasteiger partial charge in [-0.25, -0.2) is 0 Å². The van der Waals surface area contributed by atoms with Gasteiger partial charge in [0, 0.05) is 35.6 Å². The van der Waals surface area contributed by atoms with Crippen LogP contribution in [-0.4, -0.2) is 41.5 Å². The number of aryl methyl sites for hydroxylation is 1. The zero-order valence-electron chi connectivity index (χ0n) is 17.7. The monoisotopic (exact) mass is 381 g/mol. The second-order valence-electron chi connectivity index (χ2n) is 9.75. The number of benzene rings is 1. The summed E-state index contributed by atoms with van der Waals surface area (Å²) in [5.41, 5.74) is 5.52. The van der Waals surface area contributed by atoms with E-state index in [0.29, 0.717) is 6.42 Å². The molecular formula is C24H35N3O. The third kappa shape index (κ3) is 4.27. The van der Waals surface area contributed by atoms with Crippen molar-refractivity contribution in [1.29, 1.82) is 0 Å². The van der Waals surface area contributed by atoms with Gasteiger partial charge in [0.15, 0.2) is 0 Å². The minimum Gasteiger partial charge on any atom is -0.358 e. The zero-order valence-corrected chi connectivity index (χ0v) is 17.7. The molecule has 1 amide bonds. The minimum atomic E-state index is 0.148. The Balaban J connectivity index is 1.41. The third-order valence-corrected chi connectivity index (χ3v) is 6.52. The van der Waals surface area contributed by atoms with E-state index in [2.05, 4.69) is 54.2 Å². The molecule has 2 heterocycles. The molecule has 1 unspecified atom stereocenters. The summed E-state index contributed by atoms with van der Waals surface area (Å²) in [6.45, 7) is 10.0. The van der Waals surface area contributed by atoms with Gasteiger partial charge in [0.2, 0.25) is 5.91 Å². The first-order chi connectivity index (χ1) is 13.4. The Hall–Kier alpha value is -1.81. The molecule has 1 aliphatic heterocycles. The lowest BCUT2D eigenvalue weighted by molar-refractivity contribution is -0.122. The highest BCUT2D eigenvalue weighted by molar-refractivity contribution is 5.86. The summed E-state index contributed by atoms with van der Waals surface area (Å²) >= 11 is 0. The van der Waals surface area contributed by atoms with Crippen LogP contribution in [0.5, 0.6) is 0 Å². The highest BCUT2D eigenvalue weighted by Crippen LogP contribution is 2.33. The van der Waals surface area contributed by atoms with E-state index in [4.69, 9.17) is 0 Å². The number of amides is 1. The van der Waals surface area contributed by atoms with Gasteiger partial charge in [-0.2, -0.15) is 0 Å². The van der Waals surface area contributed by atoms with Crippen molar-refractivity contribution in [2.45, 2.75) is 77.2 Å². The summed E-state index contributed by atoms with van der Waals surface area (Å²) < 4.78 is 0. The summed E-state index contributed by atoms with van der Waals surface area (Å²) in [6, 6.07) is 7.08. The number of nitrogens with one attached hydrogen (secondary N) is 2. The summed E-state index contributed by atoms with van der Waals surface area (Å²) in [5, 5.41) is 4.66. The maximum atomic E-state index is 12.5. The first kappa shape index (κ1) is 19.5. The van der Waals surface area contributed by atoms with Crippen molar-refractivity contribution in [2.24, 2.45) is 0 Å². The van der Waals surface area contributed by atoms with Gasteiger partial charge in [-0.15, -0.1) is 0 Å². The molecule has 2 aliphatic rings. The van der Waals surface area contributed by atoms with E-state index in [9.17, 15) is 4.79 Å². The van der Waals surface area contributed by atoms with Crippen LogP contribution >= 0.6 is 0 Å². The van der Waals surface area contributed by atoms with Crippen molar-refractivity contribution in [3.63, 3.8) is 0 Å². The molecule has 0 radical (unpaired) electrons. The summed E-state index contributed by atoms with van der Waals surface area (Å²) in [5.74, 6) is 0.217. The van der Waals surface area contributed by atoms with E-state index in [0.717, 1.165) is 38.9 Å². The lowest BCUT2D eigenvalue weighted by Crippen LogP contribution is -2.40. The van der Waals surface area contributed by atoms with Crippen molar-refractivity contribution in [3.05, 3.63) is 35.0 Å². The van der Waals surface area contributed by atoms with E-state index >= 15 is 0 Å². The van der Waals surface area contributed by atoms with E-state index in [1.54, 1.807) is 0 Å². The fourth-order valence-corrected chi connectivity index (χ4v) is 4.75. The average Bonchev–Trinajstić information content (AvgIpc) is 3.04. The molecule has 152 valence electrons. The molecule has 4 nitrogen and oxygen atoms in total. The lowest BCUT2D eigenvalue weighted by Gasteiger charge is -2.27. The van der Waals surface area contributed by atoms with Gasteiger partial charge >= 0.3 is 0 Å². The molecule has 2 N–H and O–H groups in total. The Morgan fingerprint density at radius 3 is 2.75 bits per heavy atom. The van der Waals surface area contributed by atoms with E-state index in [1.807, 2.05) is 0 Å². The van der Waals surface area contributed by atoms with Crippen LogP contribution in [0.25, 0.3) is 10.9 Å². The van der Waals surface area contributed by atoms with Gasteiger partial charge in [0.1, 0.15) is 0 Å². The van der Waals surface area contributed by atoms with Crippen LogP contribution in [0.3, 0.4) is 0 Å². The molecule has 1 aliphatic carbocycles. The molecule has 0 spiro atoms. The number of rotatable bonds is 4. The van der Waals surface area contributed by atoms with Crippen LogP contribution in [0.15, 0.2) is 18.2 Å². The number of nitrogens with zero attached hydrogens (tertiary/aromatic N) is 1. The molecule has 1 atom stereocenters. The molecule has 1 aromatic carbocycles. The highest BCUT2D eigenvalue weighted by atomic mass is 16.1. The van der Waals surface area contributed by atoms with Gasteiger partial charge in [0.25, 0.3) is 0 Å². The zero-order chi connectivity index (χ0) is 19.7. The Morgan fingerprint density at radius 1 is 1.21 bits per heavy atom. The quantitative estimate of drug-likeness (QED) is 0.829. The number of fused-ring (bicyclic) bond motifs is 3. The normalized spacial score (nSPS) is 20.9. The Bertz CT molecular complexity index is 839. The highest BCUT2D eigenvalue weighted by Gasteiger charge is 2.25. The van der Waals surface area contributed by atoms with Gasteiger partial charge < -0.3 is 15.2 Å². The standard InChI is InChI=1S/C24H35N3O/c1-24(2,3)17-7-9-21-19(15-17)20-16-18(8-10-22(20)26-21)25-23(28)11-14-27-12-5-4-6-13-27/h7,9,15,18,26H,4-6,8,10-14,16H2,1-3H3,(H,25,28). The van der Waals surface area contributed by atoms with E-state index in [1.165, 1.54) is 47.0 Å². The van der Waals surface area contributed by atoms with E-state index in [-0.39, 0.29) is 17.4 Å². The van der Waals surface area contributed by atoms with Crippen molar-refractivity contribution in [1.82, 2.24) is 15.2 Å². The molecule has 2 aromatic rings. The molecule has 0 bridgehead atoms. The number of hydrogen-bond donors (Lipinski definition) is 2. The number of hydrogen-bond acceptors (Lipinski definition) is 2. The van der Waals surface area contributed by atoms with Gasteiger partial charge in [-0.3, -0.25) is 4.79 Å². The molecule has 28 heavy (non-hydrogen) atoms. The van der Waals surface area contributed by atoms with Gasteiger partial charge in [-0.1, -0.05) is 33.3 Å². The van der Waals surface area contributed by atoms with E-state index < -0.39 is 0 Å². The fraction of sp³-hybridized carbons (Fsp3) is 0.625. The summed E-state index contributed by atoms with van der Waals surface area (Å²) in [6.07, 6.45) is 7.53. The Morgan fingerprint density at radius 2 is 2.00 bits per heavy atom. The molecule has 4 heteroatoms. The number of aromatic nitrogens is 1. The summed E-state index contributed by atoms with van der Waals surface area (Å²) in [7, 11) is 0. The van der Waals surface area contributed by atoms with Gasteiger partial charge in [-0.05, 0) is 73.9 Å². The predicted molar refractivity (Wildman–Crippen MR) is 116 cm³/mol. The Kier molecular flexibility index (Phi) is 5.50. The maximum Gasteiger partial charge on any atom is 0.221 e. The number of carbonyl (C=O) groups excluding carboxylic acids is 1. The van der Waals surface area contributed by atoms with Crippen molar-refractivity contribution in [3.8, 4) is 0 Å².